The van der Waals surface area contributed by atoms with Crippen LogP contribution in [0.5, 0.6) is 0 Å². The number of aliphatic hydroxyl groups is 2. The molecule has 3 aromatic rings. The summed E-state index contributed by atoms with van der Waals surface area (Å²) in [4.78, 5) is 51.1. The van der Waals surface area contributed by atoms with Gasteiger partial charge in [-0.25, -0.2) is 9.97 Å². The molecular weight excluding hydrogens is 552 g/mol. The fraction of sp³-hybridized carbons (Fsp3) is 0.370. The Morgan fingerprint density at radius 3 is 2.35 bits per heavy atom. The molecule has 0 saturated carbocycles. The van der Waals surface area contributed by atoms with Gasteiger partial charge in [-0.3, -0.25) is 19.7 Å². The highest BCUT2D eigenvalue weighted by Crippen LogP contribution is 2.31. The number of rotatable bonds is 11. The number of nitrogens with one attached hydrogen (secondary N) is 1. The van der Waals surface area contributed by atoms with Crippen molar-refractivity contribution < 1.29 is 24.6 Å². The van der Waals surface area contributed by atoms with Gasteiger partial charge in [0, 0.05) is 63.7 Å². The van der Waals surface area contributed by atoms with Gasteiger partial charge in [0.15, 0.2) is 5.13 Å². The molecule has 0 radical (unpaired) electrons. The number of nitrogens with zero attached hydrogens (tertiary/aromatic N) is 5. The van der Waals surface area contributed by atoms with E-state index >= 15 is 0 Å². The summed E-state index contributed by atoms with van der Waals surface area (Å²) >= 11 is 2.93. The summed E-state index contributed by atoms with van der Waals surface area (Å²) in [7, 11) is 0. The van der Waals surface area contributed by atoms with E-state index in [1.54, 1.807) is 51.7 Å². The molecule has 1 aliphatic heterocycles. The van der Waals surface area contributed by atoms with E-state index in [2.05, 4.69) is 15.3 Å². The zero-order valence-corrected chi connectivity index (χ0v) is 23.8. The fourth-order valence-electron chi connectivity index (χ4n) is 4.20. The molecule has 0 atom stereocenters. The van der Waals surface area contributed by atoms with Gasteiger partial charge in [-0.05, 0) is 29.8 Å². The Kier molecular flexibility index (Phi) is 10.5. The van der Waals surface area contributed by atoms with Gasteiger partial charge in [-0.15, -0.1) is 11.8 Å². The number of anilines is 2. The minimum absolute atomic E-state index is 0.0317. The van der Waals surface area contributed by atoms with Crippen LogP contribution in [0.1, 0.15) is 33.2 Å². The number of carbonyl (C=O) groups is 3. The number of thioether (sulfide) groups is 1. The Morgan fingerprint density at radius 2 is 1.70 bits per heavy atom. The molecule has 212 valence electrons. The molecule has 3 amide bonds. The van der Waals surface area contributed by atoms with Crippen molar-refractivity contribution in [3.63, 3.8) is 0 Å². The van der Waals surface area contributed by atoms with Crippen LogP contribution in [0.2, 0.25) is 0 Å². The summed E-state index contributed by atoms with van der Waals surface area (Å²) in [5, 5.41) is 21.6. The highest BCUT2D eigenvalue weighted by atomic mass is 32.2. The van der Waals surface area contributed by atoms with Crippen molar-refractivity contribution in [2.45, 2.75) is 16.9 Å². The van der Waals surface area contributed by atoms with Crippen LogP contribution in [0.15, 0.2) is 53.0 Å². The number of hydrogen-bond acceptors (Lipinski definition) is 10. The lowest BCUT2D eigenvalue weighted by atomic mass is 10.1. The molecule has 2 aromatic heterocycles. The summed E-state index contributed by atoms with van der Waals surface area (Å²) in [6.07, 6.45) is 3.16. The largest absolute Gasteiger partial charge is 0.395 e. The van der Waals surface area contributed by atoms with E-state index in [0.717, 1.165) is 9.77 Å². The predicted molar refractivity (Wildman–Crippen MR) is 155 cm³/mol. The lowest BCUT2D eigenvalue weighted by Gasteiger charge is -2.34. The zero-order chi connectivity index (χ0) is 28.5. The fourth-order valence-corrected chi connectivity index (χ4v) is 6.01. The van der Waals surface area contributed by atoms with Crippen LogP contribution in [0.25, 0.3) is 0 Å². The zero-order valence-electron chi connectivity index (χ0n) is 22.2. The number of aliphatic hydroxyl groups excluding tert-OH is 2. The number of thiazole rings is 1. The van der Waals surface area contributed by atoms with E-state index in [1.807, 2.05) is 24.3 Å². The van der Waals surface area contributed by atoms with Gasteiger partial charge in [0.1, 0.15) is 5.82 Å². The van der Waals surface area contributed by atoms with E-state index in [-0.39, 0.29) is 30.9 Å². The van der Waals surface area contributed by atoms with Gasteiger partial charge in [-0.2, -0.15) is 0 Å². The first-order chi connectivity index (χ1) is 19.4. The maximum atomic E-state index is 13.0. The van der Waals surface area contributed by atoms with Crippen LogP contribution in [-0.2, 0) is 10.5 Å². The van der Waals surface area contributed by atoms with Crippen molar-refractivity contribution in [3.05, 3.63) is 65.5 Å². The Labute approximate surface area is 240 Å². The monoisotopic (exact) mass is 584 g/mol. The number of amides is 3. The molecule has 3 N–H and O–H groups in total. The molecule has 0 bridgehead atoms. The lowest BCUT2D eigenvalue weighted by molar-refractivity contribution is -0.130. The van der Waals surface area contributed by atoms with Crippen LogP contribution in [0.3, 0.4) is 0 Å². The lowest BCUT2D eigenvalue weighted by Crippen LogP contribution is -2.50. The molecule has 0 spiro atoms. The van der Waals surface area contributed by atoms with Gasteiger partial charge >= 0.3 is 0 Å². The van der Waals surface area contributed by atoms with Crippen molar-refractivity contribution in [2.75, 3.05) is 62.7 Å². The van der Waals surface area contributed by atoms with E-state index in [9.17, 15) is 24.6 Å². The van der Waals surface area contributed by atoms with Gasteiger partial charge < -0.3 is 24.9 Å². The standard InChI is InChI=1S/C27H32N6O5S2/c1-19(36)31-7-9-33(10-8-31)26(38)21-4-2-3-20(15-21)18-39-24-17-29-27(40-24)30-25(37)22-5-6-23(28-16-22)32(11-13-34)12-14-35/h2-6,15-17,34-35H,7-14,18H2,1H3,(H,29,30,37). The SMILES string of the molecule is CC(=O)N1CCN(C(=O)c2cccc(CSc3cnc(NC(=O)c4ccc(N(CCO)CCO)nc4)s3)c2)CC1. The third-order valence-electron chi connectivity index (χ3n) is 6.35. The van der Waals surface area contributed by atoms with Crippen LogP contribution < -0.4 is 10.2 Å². The molecule has 1 saturated heterocycles. The van der Waals surface area contributed by atoms with Crippen LogP contribution >= 0.6 is 23.1 Å². The minimum atomic E-state index is -0.337. The van der Waals surface area contributed by atoms with Gasteiger partial charge in [-0.1, -0.05) is 23.5 Å². The molecule has 1 aromatic carbocycles. The Morgan fingerprint density at radius 1 is 0.975 bits per heavy atom. The molecule has 3 heterocycles. The van der Waals surface area contributed by atoms with E-state index in [1.165, 1.54) is 17.5 Å². The van der Waals surface area contributed by atoms with E-state index in [0.29, 0.717) is 67.1 Å². The second kappa shape index (κ2) is 14.2. The van der Waals surface area contributed by atoms with Gasteiger partial charge in [0.05, 0.1) is 29.2 Å². The molecule has 40 heavy (non-hydrogen) atoms. The first kappa shape index (κ1) is 29.5. The number of aromatic nitrogens is 2. The molecule has 4 rings (SSSR count). The Bertz CT molecular complexity index is 1300. The van der Waals surface area contributed by atoms with Gasteiger partial charge in [0.2, 0.25) is 5.91 Å². The number of hydrogen-bond donors (Lipinski definition) is 3. The Hall–Kier alpha value is -3.52. The second-order valence-corrected chi connectivity index (χ2v) is 11.4. The maximum absolute atomic E-state index is 13.0. The number of pyridine rings is 1. The average Bonchev–Trinajstić information content (AvgIpc) is 3.43. The van der Waals surface area contributed by atoms with Crippen molar-refractivity contribution >= 4 is 51.8 Å². The summed E-state index contributed by atoms with van der Waals surface area (Å²) in [5.41, 5.74) is 1.99. The number of piperazine rings is 1. The first-order valence-electron chi connectivity index (χ1n) is 12.8. The highest BCUT2D eigenvalue weighted by Gasteiger charge is 2.23. The molecule has 1 fully saturated rings. The topological polar surface area (TPSA) is 139 Å². The normalized spacial score (nSPS) is 13.3. The highest BCUT2D eigenvalue weighted by molar-refractivity contribution is 8.00. The van der Waals surface area contributed by atoms with Crippen molar-refractivity contribution in [2.24, 2.45) is 0 Å². The maximum Gasteiger partial charge on any atom is 0.259 e. The van der Waals surface area contributed by atoms with Crippen molar-refractivity contribution in [1.29, 1.82) is 0 Å². The quantitative estimate of drug-likeness (QED) is 0.290. The molecule has 0 unspecified atom stereocenters. The smallest absolute Gasteiger partial charge is 0.259 e. The van der Waals surface area contributed by atoms with Crippen LogP contribution in [0.4, 0.5) is 10.9 Å². The van der Waals surface area contributed by atoms with Crippen molar-refractivity contribution in [1.82, 2.24) is 19.8 Å². The number of benzene rings is 1. The molecular formula is C27H32N6O5S2. The first-order valence-corrected chi connectivity index (χ1v) is 14.6. The third kappa shape index (κ3) is 7.78. The molecule has 11 nitrogen and oxygen atoms in total. The van der Waals surface area contributed by atoms with E-state index < -0.39 is 0 Å². The number of carbonyl (C=O) groups excluding carboxylic acids is 3. The van der Waals surface area contributed by atoms with Gasteiger partial charge in [0.25, 0.3) is 11.8 Å². The summed E-state index contributed by atoms with van der Waals surface area (Å²) in [5.74, 6) is 0.863. The molecule has 1 aliphatic rings. The van der Waals surface area contributed by atoms with Crippen LogP contribution in [-0.4, -0.2) is 100 Å². The van der Waals surface area contributed by atoms with E-state index in [4.69, 9.17) is 0 Å². The summed E-state index contributed by atoms with van der Waals surface area (Å²) in [6.45, 7) is 4.23. The van der Waals surface area contributed by atoms with Crippen molar-refractivity contribution in [3.8, 4) is 0 Å². The third-order valence-corrected chi connectivity index (χ3v) is 8.52. The minimum Gasteiger partial charge on any atom is -0.395 e. The predicted octanol–water partition coefficient (Wildman–Crippen LogP) is 2.18. The second-order valence-electron chi connectivity index (χ2n) is 9.07. The summed E-state index contributed by atoms with van der Waals surface area (Å²) < 4.78 is 0.921. The van der Waals surface area contributed by atoms with Crippen LogP contribution in [0, 0.1) is 0 Å². The molecule has 0 aliphatic carbocycles. The Balaban J connectivity index is 1.29. The average molecular weight is 585 g/mol. The summed E-state index contributed by atoms with van der Waals surface area (Å²) in [6, 6.07) is 10.9. The molecule has 13 heteroatoms.